The summed E-state index contributed by atoms with van der Waals surface area (Å²) >= 11 is 0. The molecular formula is C82H98N5+5. The van der Waals surface area contributed by atoms with Crippen molar-refractivity contribution in [2.75, 3.05) is 0 Å². The van der Waals surface area contributed by atoms with Crippen LogP contribution in [0.2, 0.25) is 0 Å². The first-order valence-corrected chi connectivity index (χ1v) is 31.0. The molecule has 0 amide bonds. The third-order valence-electron chi connectivity index (χ3n) is 17.8. The molecule has 1 atom stereocenters. The summed E-state index contributed by atoms with van der Waals surface area (Å²) < 4.78 is 111. The van der Waals surface area contributed by atoms with E-state index in [1.54, 1.807) is 54.0 Å². The molecule has 446 valence electrons. The fourth-order valence-corrected chi connectivity index (χ4v) is 12.7. The van der Waals surface area contributed by atoms with Crippen molar-refractivity contribution in [2.45, 2.75) is 145 Å². The van der Waals surface area contributed by atoms with Gasteiger partial charge in [0.05, 0.1) is 0 Å². The molecule has 5 aromatic heterocycles. The van der Waals surface area contributed by atoms with Crippen molar-refractivity contribution >= 4 is 0 Å². The van der Waals surface area contributed by atoms with Crippen LogP contribution in [0.25, 0.3) is 56.3 Å². The van der Waals surface area contributed by atoms with Crippen LogP contribution in [0.15, 0.2) is 182 Å². The van der Waals surface area contributed by atoms with Gasteiger partial charge in [-0.1, -0.05) is 105 Å². The van der Waals surface area contributed by atoms with Crippen LogP contribution in [0.4, 0.5) is 0 Å². The number of benzene rings is 5. The van der Waals surface area contributed by atoms with Crippen LogP contribution in [0.5, 0.6) is 0 Å². The van der Waals surface area contributed by atoms with Crippen LogP contribution in [0.3, 0.4) is 0 Å². The Balaban J connectivity index is 0.000000147. The van der Waals surface area contributed by atoms with E-state index < -0.39 is 33.3 Å². The maximum atomic E-state index is 8.33. The number of rotatable bonds is 6. The first kappa shape index (κ1) is 47.9. The second kappa shape index (κ2) is 29.0. The van der Waals surface area contributed by atoms with Gasteiger partial charge >= 0.3 is 0 Å². The average Bonchev–Trinajstić information content (AvgIpc) is 0.864. The molecule has 5 heteroatoms. The van der Waals surface area contributed by atoms with Gasteiger partial charge in [-0.05, 0) is 205 Å². The van der Waals surface area contributed by atoms with Crippen LogP contribution in [-0.4, -0.2) is 0 Å². The van der Waals surface area contributed by atoms with E-state index in [4.69, 9.17) is 17.8 Å². The third-order valence-corrected chi connectivity index (χ3v) is 17.8. The van der Waals surface area contributed by atoms with Crippen molar-refractivity contribution in [3.8, 4) is 56.3 Å². The predicted molar refractivity (Wildman–Crippen MR) is 363 cm³/mol. The van der Waals surface area contributed by atoms with Gasteiger partial charge < -0.3 is 0 Å². The van der Waals surface area contributed by atoms with Gasteiger partial charge in [0.1, 0.15) is 35.2 Å². The normalized spacial score (nSPS) is 16.3. The van der Waals surface area contributed by atoms with Gasteiger partial charge in [-0.25, -0.2) is 13.7 Å². The Kier molecular flexibility index (Phi) is 16.0. The number of fused-ring (bicyclic) bond motifs is 3. The maximum Gasteiger partial charge on any atom is 0.216 e. The molecule has 0 spiro atoms. The fraction of sp³-hybridized carbons (Fsp3) is 0.329. The van der Waals surface area contributed by atoms with Gasteiger partial charge in [-0.15, -0.1) is 0 Å². The Morgan fingerprint density at radius 3 is 1.24 bits per heavy atom. The summed E-state index contributed by atoms with van der Waals surface area (Å²) in [5, 5.41) is 0. The van der Waals surface area contributed by atoms with Crippen molar-refractivity contribution in [2.24, 2.45) is 35.2 Å². The minimum absolute atomic E-state index is 0.00710. The van der Waals surface area contributed by atoms with Crippen molar-refractivity contribution in [3.05, 3.63) is 266 Å². The zero-order valence-electron chi connectivity index (χ0n) is 66.3. The lowest BCUT2D eigenvalue weighted by molar-refractivity contribution is -0.667. The fourth-order valence-electron chi connectivity index (χ4n) is 12.7. The second-order valence-electron chi connectivity index (χ2n) is 24.0. The van der Waals surface area contributed by atoms with Crippen LogP contribution in [0, 0.1) is 55.2 Å². The molecule has 0 aliphatic heterocycles. The molecule has 1 unspecified atom stereocenters. The molecule has 10 aromatic rings. The van der Waals surface area contributed by atoms with Crippen molar-refractivity contribution in [3.63, 3.8) is 0 Å². The van der Waals surface area contributed by atoms with E-state index in [-0.39, 0.29) is 22.5 Å². The van der Waals surface area contributed by atoms with Gasteiger partial charge in [-0.2, -0.15) is 9.13 Å². The molecule has 3 aliphatic carbocycles. The molecule has 0 fully saturated rings. The molecule has 0 saturated carbocycles. The molecular weight excluding hydrogens is 1050 g/mol. The number of aromatic nitrogens is 5. The SMILES string of the molecule is Cc1ccccc1-c1c2c(cc[n+]1C)CCCC2.Cc1ccccc1-c1cc2c(c[n+]1C)CCC2.Cc1ccccc1-c1cc2c(c[n+]1C)CCCC2.[2H]C([2H])([2H])c1c(C([2H])(C)C([2H])([2H])[2H])ccc(-c2ccccc2C)[n+]1C.[2H]C([2H])([2H])c1ccc(-c2ccccc2C)[n+](C)c1C([2H])([2H])[2H]. The van der Waals surface area contributed by atoms with E-state index in [1.165, 1.54) is 155 Å². The average molecular weight is 1170 g/mol. The summed E-state index contributed by atoms with van der Waals surface area (Å²) in [4.78, 5) is 0. The Hall–Kier alpha value is -8.15. The van der Waals surface area contributed by atoms with Gasteiger partial charge in [0.15, 0.2) is 30.0 Å². The Bertz CT molecular complexity index is 4580. The third kappa shape index (κ3) is 14.8. The van der Waals surface area contributed by atoms with Crippen molar-refractivity contribution < 1.29 is 40.7 Å². The molecule has 87 heavy (non-hydrogen) atoms. The highest BCUT2D eigenvalue weighted by atomic mass is 15.0. The van der Waals surface area contributed by atoms with E-state index >= 15 is 0 Å². The second-order valence-corrected chi connectivity index (χ2v) is 24.0. The highest BCUT2D eigenvalue weighted by Crippen LogP contribution is 2.32. The van der Waals surface area contributed by atoms with Crippen LogP contribution < -0.4 is 22.8 Å². The zero-order chi connectivity index (χ0) is 72.8. The van der Waals surface area contributed by atoms with Crippen LogP contribution in [-0.2, 0) is 73.8 Å². The number of hydrogen-bond acceptors (Lipinski definition) is 0. The maximum absolute atomic E-state index is 8.33. The minimum atomic E-state index is -2.65. The molecule has 5 nitrogen and oxygen atoms in total. The molecule has 5 heterocycles. The summed E-state index contributed by atoms with van der Waals surface area (Å²) in [5.41, 5.74) is 26.2. The molecule has 0 saturated heterocycles. The van der Waals surface area contributed by atoms with Gasteiger partial charge in [0.25, 0.3) is 0 Å². The van der Waals surface area contributed by atoms with E-state index in [2.05, 4.69) is 165 Å². The summed E-state index contributed by atoms with van der Waals surface area (Å²) in [6.45, 7) is 1.51. The van der Waals surface area contributed by atoms with E-state index in [0.29, 0.717) is 11.4 Å². The molecule has 3 aliphatic rings. The van der Waals surface area contributed by atoms with E-state index in [1.807, 2.05) is 62.4 Å². The summed E-state index contributed by atoms with van der Waals surface area (Å²) in [6, 6.07) is 54.4. The van der Waals surface area contributed by atoms with Crippen LogP contribution >= 0.6 is 0 Å². The first-order chi connectivity index (χ1) is 47.1. The first-order valence-electron chi connectivity index (χ1n) is 37.5. The van der Waals surface area contributed by atoms with Gasteiger partial charge in [-0.3, -0.25) is 0 Å². The highest BCUT2D eigenvalue weighted by Gasteiger charge is 2.25. The number of pyridine rings is 5. The lowest BCUT2D eigenvalue weighted by atomic mass is 9.88. The Morgan fingerprint density at radius 1 is 0.368 bits per heavy atom. The highest BCUT2D eigenvalue weighted by molar-refractivity contribution is 5.67. The lowest BCUT2D eigenvalue weighted by Crippen LogP contribution is -2.36. The Labute approximate surface area is 541 Å². The standard InChI is InChI=1S/2C17H20N.C17H22N.C16H18N.C15H18N/c1-13-7-3-6-10-16(13)17-11-14-8-4-5-9-15(14)12-18(17)2;1-13-7-3-5-9-15(13)17-16-10-6-4-8-14(16)11-12-18(17)2;1-12(2)15-10-11-17(18(5)14(15)4)16-9-7-6-8-13(16)3;1-12-6-3-4-9-15(12)16-10-13-7-5-8-14(13)11-17(16)2;1-11-9-10-15(16(4)13(11)3)14-8-6-5-7-12(14)2/h3,6-7,10-12H,4-5,8-9H2,1-2H3;3,5,7,9,11-12H,4,6,8,10H2,1-2H3;6-12H,1-5H3;3-4,6,9-11H,5,7-8H2,1-2H3;5-10H,1-4H3/q5*+1/i;;1D3,4D3,12D;;1D3,3D3. The predicted octanol–water partition coefficient (Wildman–Crippen LogP) is 16.7. The van der Waals surface area contributed by atoms with E-state index in [9.17, 15) is 0 Å². The zero-order valence-corrected chi connectivity index (χ0v) is 53.3. The lowest BCUT2D eigenvalue weighted by Gasteiger charge is -2.17. The van der Waals surface area contributed by atoms with Gasteiger partial charge in [0, 0.05) is 117 Å². The van der Waals surface area contributed by atoms with Gasteiger partial charge in [0.2, 0.25) is 28.5 Å². The molecule has 0 N–H and O–H groups in total. The van der Waals surface area contributed by atoms with Crippen molar-refractivity contribution in [1.82, 2.24) is 0 Å². The summed E-state index contributed by atoms with van der Waals surface area (Å²) in [5.74, 6) is -2.03. The quantitative estimate of drug-likeness (QED) is 0.148. The molecule has 13 rings (SSSR count). The van der Waals surface area contributed by atoms with E-state index in [0.717, 1.165) is 22.3 Å². The smallest absolute Gasteiger partial charge is 0.201 e. The largest absolute Gasteiger partial charge is 0.216 e. The van der Waals surface area contributed by atoms with Crippen molar-refractivity contribution in [1.29, 1.82) is 0 Å². The summed E-state index contributed by atoms with van der Waals surface area (Å²) in [6.07, 6.45) is 21.0. The molecule has 0 radical (unpaired) electrons. The summed E-state index contributed by atoms with van der Waals surface area (Å²) in [7, 11) is 9.68. The Morgan fingerprint density at radius 2 is 0.770 bits per heavy atom. The van der Waals surface area contributed by atoms with Crippen LogP contribution in [0.1, 0.15) is 153 Å². The topological polar surface area (TPSA) is 19.4 Å². The molecule has 0 bridgehead atoms. The monoisotopic (exact) mass is 1170 g/mol. The number of aryl methyl sites for hydroxylation is 14. The number of nitrogens with zero attached hydrogens (tertiary/aromatic N) is 5. The molecule has 5 aromatic carbocycles. The number of hydrogen-bond donors (Lipinski definition) is 0. The minimum Gasteiger partial charge on any atom is -0.201 e.